The van der Waals surface area contributed by atoms with E-state index in [9.17, 15) is 10.1 Å². The number of hydrogen-bond donors (Lipinski definition) is 0. The fourth-order valence-corrected chi connectivity index (χ4v) is 4.36. The minimum atomic E-state index is -0.0237. The van der Waals surface area contributed by atoms with E-state index in [2.05, 4.69) is 17.0 Å². The Morgan fingerprint density at radius 3 is 2.64 bits per heavy atom. The maximum atomic E-state index is 12.4. The monoisotopic (exact) mass is 292 g/mol. The summed E-state index contributed by atoms with van der Waals surface area (Å²) in [5.41, 5.74) is 3.88. The molecule has 1 aromatic rings. The number of hydrogen-bond acceptors (Lipinski definition) is 3. The summed E-state index contributed by atoms with van der Waals surface area (Å²) in [6, 6.07) is 10.3. The van der Waals surface area contributed by atoms with Gasteiger partial charge in [-0.25, -0.2) is 0 Å². The van der Waals surface area contributed by atoms with E-state index < -0.39 is 0 Å². The molecular weight excluding hydrogens is 272 g/mol. The largest absolute Gasteiger partial charge is 0.369 e. The lowest BCUT2D eigenvalue weighted by Gasteiger charge is -2.50. The van der Waals surface area contributed by atoms with Gasteiger partial charge in [-0.3, -0.25) is 4.79 Å². The molecule has 0 radical (unpaired) electrons. The zero-order valence-corrected chi connectivity index (χ0v) is 12.8. The number of nitriles is 1. The van der Waals surface area contributed by atoms with Crippen LogP contribution in [0.25, 0.3) is 5.70 Å². The number of carbonyl (C=O) groups excluding carboxylic acids is 1. The van der Waals surface area contributed by atoms with Crippen molar-refractivity contribution in [3.05, 3.63) is 41.0 Å². The van der Waals surface area contributed by atoms with E-state index in [0.29, 0.717) is 17.4 Å². The number of carbonyl (C=O) groups is 1. The maximum Gasteiger partial charge on any atom is 0.179 e. The quantitative estimate of drug-likeness (QED) is 0.797. The molecule has 0 amide bonds. The summed E-state index contributed by atoms with van der Waals surface area (Å²) in [4.78, 5) is 14.7. The molecule has 2 fully saturated rings. The van der Waals surface area contributed by atoms with Crippen molar-refractivity contribution in [3.8, 4) is 6.07 Å². The van der Waals surface area contributed by atoms with Crippen LogP contribution in [-0.4, -0.2) is 23.8 Å². The summed E-state index contributed by atoms with van der Waals surface area (Å²) in [5, 5.41) is 9.53. The molecular formula is C19H20N2O. The third-order valence-electron chi connectivity index (χ3n) is 5.64. The third-order valence-corrected chi connectivity index (χ3v) is 5.64. The summed E-state index contributed by atoms with van der Waals surface area (Å²) in [7, 11) is 0. The van der Waals surface area contributed by atoms with Crippen LogP contribution in [-0.2, 0) is 11.2 Å². The van der Waals surface area contributed by atoms with Crippen molar-refractivity contribution in [2.45, 2.75) is 38.5 Å². The van der Waals surface area contributed by atoms with Gasteiger partial charge in [-0.2, -0.15) is 5.26 Å². The highest BCUT2D eigenvalue weighted by Gasteiger charge is 2.42. The van der Waals surface area contributed by atoms with E-state index in [1.54, 1.807) is 0 Å². The number of benzene rings is 1. The first-order valence-corrected chi connectivity index (χ1v) is 8.23. The number of fused-ring (bicyclic) bond motifs is 1. The number of Topliss-reactive ketones (excluding diaryl/α,β-unsaturated/α-hetero) is 1. The van der Waals surface area contributed by atoms with Gasteiger partial charge in [0.25, 0.3) is 0 Å². The van der Waals surface area contributed by atoms with Gasteiger partial charge in [-0.15, -0.1) is 0 Å². The molecule has 3 heteroatoms. The number of ketones is 1. The Balaban J connectivity index is 1.79. The Morgan fingerprint density at radius 2 is 1.91 bits per heavy atom. The number of piperidine rings is 1. The maximum absolute atomic E-state index is 12.4. The highest BCUT2D eigenvalue weighted by atomic mass is 16.1. The van der Waals surface area contributed by atoms with Crippen LogP contribution in [0.1, 0.15) is 43.2 Å². The lowest BCUT2D eigenvalue weighted by molar-refractivity contribution is -0.114. The van der Waals surface area contributed by atoms with Crippen molar-refractivity contribution < 1.29 is 4.79 Å². The molecule has 1 spiro atoms. The minimum absolute atomic E-state index is 0.0237. The predicted molar refractivity (Wildman–Crippen MR) is 84.8 cm³/mol. The first kappa shape index (κ1) is 13.6. The molecule has 22 heavy (non-hydrogen) atoms. The molecule has 4 rings (SSSR count). The normalized spacial score (nSPS) is 23.0. The van der Waals surface area contributed by atoms with Gasteiger partial charge in [0.2, 0.25) is 0 Å². The predicted octanol–water partition coefficient (Wildman–Crippen LogP) is 3.31. The number of rotatable bonds is 1. The molecule has 1 aromatic carbocycles. The van der Waals surface area contributed by atoms with Crippen molar-refractivity contribution >= 4 is 11.5 Å². The van der Waals surface area contributed by atoms with Gasteiger partial charge in [0.15, 0.2) is 5.78 Å². The van der Waals surface area contributed by atoms with Gasteiger partial charge in [0.1, 0.15) is 11.6 Å². The van der Waals surface area contributed by atoms with Crippen LogP contribution in [0, 0.1) is 16.7 Å². The van der Waals surface area contributed by atoms with E-state index in [4.69, 9.17) is 0 Å². The SMILES string of the molecule is N#CC1=C(N2CCCC3(CCC3)C2)c2ccccc2CC1=O. The Kier molecular flexibility index (Phi) is 3.07. The summed E-state index contributed by atoms with van der Waals surface area (Å²) in [6.07, 6.45) is 6.75. The third kappa shape index (κ3) is 1.98. The minimum Gasteiger partial charge on any atom is -0.369 e. The molecule has 112 valence electrons. The molecule has 3 nitrogen and oxygen atoms in total. The molecule has 1 heterocycles. The lowest BCUT2D eigenvalue weighted by atomic mass is 9.64. The molecule has 0 aromatic heterocycles. The van der Waals surface area contributed by atoms with Crippen LogP contribution in [0.15, 0.2) is 29.8 Å². The molecule has 3 aliphatic rings. The second-order valence-corrected chi connectivity index (χ2v) is 6.97. The lowest BCUT2D eigenvalue weighted by Crippen LogP contribution is -2.47. The summed E-state index contributed by atoms with van der Waals surface area (Å²) >= 11 is 0. The highest BCUT2D eigenvalue weighted by Crippen LogP contribution is 2.49. The van der Waals surface area contributed by atoms with E-state index in [-0.39, 0.29) is 5.78 Å². The van der Waals surface area contributed by atoms with E-state index >= 15 is 0 Å². The van der Waals surface area contributed by atoms with Gasteiger partial charge >= 0.3 is 0 Å². The first-order valence-electron chi connectivity index (χ1n) is 8.23. The Morgan fingerprint density at radius 1 is 1.14 bits per heavy atom. The molecule has 1 saturated carbocycles. The summed E-state index contributed by atoms with van der Waals surface area (Å²) in [5.74, 6) is -0.0237. The number of allylic oxidation sites excluding steroid dienone is 1. The van der Waals surface area contributed by atoms with E-state index in [0.717, 1.165) is 29.9 Å². The Labute approximate surface area is 131 Å². The number of nitrogens with zero attached hydrogens (tertiary/aromatic N) is 2. The Bertz CT molecular complexity index is 706. The van der Waals surface area contributed by atoms with Crippen molar-refractivity contribution in [1.29, 1.82) is 5.26 Å². The van der Waals surface area contributed by atoms with Crippen LogP contribution in [0.5, 0.6) is 0 Å². The second-order valence-electron chi connectivity index (χ2n) is 6.97. The molecule has 1 aliphatic heterocycles. The average Bonchev–Trinajstić information content (AvgIpc) is 2.52. The molecule has 0 unspecified atom stereocenters. The first-order chi connectivity index (χ1) is 10.7. The van der Waals surface area contributed by atoms with Crippen LogP contribution < -0.4 is 0 Å². The second kappa shape index (κ2) is 4.98. The van der Waals surface area contributed by atoms with Gasteiger partial charge in [0, 0.05) is 25.1 Å². The smallest absolute Gasteiger partial charge is 0.179 e. The standard InChI is InChI=1S/C19H20N2O/c20-12-16-17(22)11-14-5-1-2-6-15(14)18(16)21-10-4-9-19(13-21)7-3-8-19/h1-2,5-6H,3-4,7-11,13H2. The number of likely N-dealkylation sites (tertiary alicyclic amines) is 1. The van der Waals surface area contributed by atoms with Gasteiger partial charge in [-0.05, 0) is 36.7 Å². The fraction of sp³-hybridized carbons (Fsp3) is 0.474. The molecule has 2 aliphatic carbocycles. The zero-order valence-electron chi connectivity index (χ0n) is 12.8. The Hall–Kier alpha value is -2.08. The topological polar surface area (TPSA) is 44.1 Å². The zero-order chi connectivity index (χ0) is 15.2. The molecule has 0 atom stereocenters. The summed E-state index contributed by atoms with van der Waals surface area (Å²) in [6.45, 7) is 1.97. The van der Waals surface area contributed by atoms with Crippen LogP contribution in [0.3, 0.4) is 0 Å². The summed E-state index contributed by atoms with van der Waals surface area (Å²) < 4.78 is 0. The highest BCUT2D eigenvalue weighted by molar-refractivity contribution is 6.09. The molecule has 1 saturated heterocycles. The van der Waals surface area contributed by atoms with Crippen LogP contribution in [0.4, 0.5) is 0 Å². The van der Waals surface area contributed by atoms with E-state index in [1.807, 2.05) is 18.2 Å². The fourth-order valence-electron chi connectivity index (χ4n) is 4.36. The molecule has 0 bridgehead atoms. The van der Waals surface area contributed by atoms with Gasteiger partial charge in [-0.1, -0.05) is 30.7 Å². The van der Waals surface area contributed by atoms with Crippen molar-refractivity contribution in [2.24, 2.45) is 5.41 Å². The van der Waals surface area contributed by atoms with E-state index in [1.165, 1.54) is 32.1 Å². The van der Waals surface area contributed by atoms with Gasteiger partial charge in [0.05, 0.1) is 5.70 Å². The van der Waals surface area contributed by atoms with Gasteiger partial charge < -0.3 is 4.90 Å². The van der Waals surface area contributed by atoms with Crippen LogP contribution >= 0.6 is 0 Å². The van der Waals surface area contributed by atoms with Crippen molar-refractivity contribution in [2.75, 3.05) is 13.1 Å². The average molecular weight is 292 g/mol. The van der Waals surface area contributed by atoms with Crippen molar-refractivity contribution in [3.63, 3.8) is 0 Å². The van der Waals surface area contributed by atoms with Crippen molar-refractivity contribution in [1.82, 2.24) is 4.90 Å². The molecule has 0 N–H and O–H groups in total. The van der Waals surface area contributed by atoms with Crippen LogP contribution in [0.2, 0.25) is 0 Å².